The van der Waals surface area contributed by atoms with Crippen LogP contribution in [-0.2, 0) is 4.79 Å². The molecule has 6 heteroatoms. The van der Waals surface area contributed by atoms with Gasteiger partial charge in [-0.05, 0) is 25.1 Å². The second-order valence-electron chi connectivity index (χ2n) is 5.72. The predicted molar refractivity (Wildman–Crippen MR) is 105 cm³/mol. The number of nitrogens with zero attached hydrogens (tertiary/aromatic N) is 3. The van der Waals surface area contributed by atoms with Gasteiger partial charge in [-0.1, -0.05) is 36.4 Å². The standard InChI is InChI=1S/C20H16N4OS/c1-14-21-16(13-26-14)10-11-18(25)23-20-19(15-7-3-2-4-8-15)22-17-9-5-6-12-24(17)20/h2-13H,1H3,(H,23,25)/b11-10+. The average molecular weight is 360 g/mol. The van der Waals surface area contributed by atoms with Crippen molar-refractivity contribution in [3.8, 4) is 11.3 Å². The number of rotatable bonds is 4. The molecule has 128 valence electrons. The fourth-order valence-corrected chi connectivity index (χ4v) is 3.27. The first kappa shape index (κ1) is 16.2. The first-order valence-electron chi connectivity index (χ1n) is 8.14. The molecule has 0 saturated heterocycles. The lowest BCUT2D eigenvalue weighted by Gasteiger charge is -2.05. The van der Waals surface area contributed by atoms with E-state index in [4.69, 9.17) is 0 Å². The molecule has 0 aliphatic heterocycles. The van der Waals surface area contributed by atoms with Crippen molar-refractivity contribution in [2.45, 2.75) is 6.92 Å². The number of aryl methyl sites for hydroxylation is 1. The van der Waals surface area contributed by atoms with E-state index in [2.05, 4.69) is 15.3 Å². The minimum atomic E-state index is -0.224. The Morgan fingerprint density at radius 1 is 1.12 bits per heavy atom. The molecular formula is C20H16N4OS. The van der Waals surface area contributed by atoms with Crippen molar-refractivity contribution < 1.29 is 4.79 Å². The summed E-state index contributed by atoms with van der Waals surface area (Å²) in [6.45, 7) is 1.94. The normalized spacial score (nSPS) is 11.3. The summed E-state index contributed by atoms with van der Waals surface area (Å²) in [4.78, 5) is 21.5. The number of carbonyl (C=O) groups excluding carboxylic acids is 1. The van der Waals surface area contributed by atoms with Crippen LogP contribution in [0.25, 0.3) is 23.0 Å². The topological polar surface area (TPSA) is 59.3 Å². The Balaban J connectivity index is 1.69. The van der Waals surface area contributed by atoms with Crippen molar-refractivity contribution in [2.75, 3.05) is 5.32 Å². The number of amides is 1. The summed E-state index contributed by atoms with van der Waals surface area (Å²) in [5.41, 5.74) is 3.25. The van der Waals surface area contributed by atoms with Gasteiger partial charge in [0.2, 0.25) is 5.91 Å². The van der Waals surface area contributed by atoms with Gasteiger partial charge in [0.25, 0.3) is 0 Å². The van der Waals surface area contributed by atoms with Gasteiger partial charge in [-0.2, -0.15) is 0 Å². The van der Waals surface area contributed by atoms with E-state index >= 15 is 0 Å². The maximum atomic E-state index is 12.5. The van der Waals surface area contributed by atoms with Gasteiger partial charge >= 0.3 is 0 Å². The van der Waals surface area contributed by atoms with Crippen LogP contribution in [0.1, 0.15) is 10.7 Å². The SMILES string of the molecule is Cc1nc(/C=C/C(=O)Nc2c(-c3ccccc3)nc3ccccn23)cs1. The van der Waals surface area contributed by atoms with Crippen LogP contribution in [0, 0.1) is 6.92 Å². The van der Waals surface area contributed by atoms with Crippen LogP contribution in [-0.4, -0.2) is 20.3 Å². The van der Waals surface area contributed by atoms with Gasteiger partial charge in [0.1, 0.15) is 17.2 Å². The molecule has 5 nitrogen and oxygen atoms in total. The Morgan fingerprint density at radius 2 is 1.92 bits per heavy atom. The van der Waals surface area contributed by atoms with Gasteiger partial charge < -0.3 is 5.32 Å². The molecule has 0 aliphatic carbocycles. The molecule has 0 fully saturated rings. The average Bonchev–Trinajstić information content (AvgIpc) is 3.25. The highest BCUT2D eigenvalue weighted by molar-refractivity contribution is 7.09. The summed E-state index contributed by atoms with van der Waals surface area (Å²) in [5.74, 6) is 0.425. The Labute approximate surface area is 154 Å². The Bertz CT molecular complexity index is 1100. The molecule has 0 aliphatic rings. The van der Waals surface area contributed by atoms with Gasteiger partial charge in [0, 0.05) is 23.2 Å². The molecule has 0 spiro atoms. The number of carbonyl (C=O) groups is 1. The summed E-state index contributed by atoms with van der Waals surface area (Å²) < 4.78 is 1.88. The lowest BCUT2D eigenvalue weighted by atomic mass is 10.1. The summed E-state index contributed by atoms with van der Waals surface area (Å²) in [6.07, 6.45) is 5.09. The molecule has 0 saturated carbocycles. The zero-order valence-corrected chi connectivity index (χ0v) is 14.9. The van der Waals surface area contributed by atoms with E-state index in [0.29, 0.717) is 5.82 Å². The number of thiazole rings is 1. The van der Waals surface area contributed by atoms with Crippen molar-refractivity contribution in [2.24, 2.45) is 0 Å². The highest BCUT2D eigenvalue weighted by atomic mass is 32.1. The Kier molecular flexibility index (Phi) is 4.33. The number of hydrogen-bond acceptors (Lipinski definition) is 4. The third-order valence-corrected chi connectivity index (χ3v) is 4.65. The van der Waals surface area contributed by atoms with Crippen LogP contribution in [0.4, 0.5) is 5.82 Å². The quantitative estimate of drug-likeness (QED) is 0.548. The molecule has 0 atom stereocenters. The molecule has 3 heterocycles. The van der Waals surface area contributed by atoms with Gasteiger partial charge in [0.05, 0.1) is 10.7 Å². The number of aromatic nitrogens is 3. The molecule has 1 N–H and O–H groups in total. The molecule has 0 unspecified atom stereocenters. The second kappa shape index (κ2) is 6.93. The third-order valence-electron chi connectivity index (χ3n) is 3.86. The first-order valence-corrected chi connectivity index (χ1v) is 9.02. The van der Waals surface area contributed by atoms with Crippen molar-refractivity contribution in [1.29, 1.82) is 0 Å². The van der Waals surface area contributed by atoms with Crippen molar-refractivity contribution in [3.63, 3.8) is 0 Å². The van der Waals surface area contributed by atoms with Crippen LogP contribution < -0.4 is 5.32 Å². The Hall–Kier alpha value is -3.25. The maximum absolute atomic E-state index is 12.5. The number of hydrogen-bond donors (Lipinski definition) is 1. The fraction of sp³-hybridized carbons (Fsp3) is 0.0500. The lowest BCUT2D eigenvalue weighted by Crippen LogP contribution is -2.10. The van der Waals surface area contributed by atoms with E-state index in [-0.39, 0.29) is 5.91 Å². The molecular weight excluding hydrogens is 344 g/mol. The Morgan fingerprint density at radius 3 is 2.69 bits per heavy atom. The van der Waals surface area contributed by atoms with Crippen molar-refractivity contribution in [1.82, 2.24) is 14.4 Å². The smallest absolute Gasteiger partial charge is 0.249 e. The number of nitrogens with one attached hydrogen (secondary N) is 1. The number of anilines is 1. The van der Waals surface area contributed by atoms with E-state index in [1.807, 2.05) is 71.4 Å². The summed E-state index contributed by atoms with van der Waals surface area (Å²) >= 11 is 1.55. The van der Waals surface area contributed by atoms with E-state index in [1.165, 1.54) is 6.08 Å². The van der Waals surface area contributed by atoms with Crippen molar-refractivity contribution >= 4 is 34.8 Å². The third kappa shape index (κ3) is 3.27. The number of benzene rings is 1. The minimum Gasteiger partial charge on any atom is -0.306 e. The molecule has 0 bridgehead atoms. The molecule has 4 aromatic rings. The summed E-state index contributed by atoms with van der Waals surface area (Å²) in [6, 6.07) is 15.6. The molecule has 3 aromatic heterocycles. The van der Waals surface area contributed by atoms with E-state index < -0.39 is 0 Å². The zero-order chi connectivity index (χ0) is 17.9. The monoisotopic (exact) mass is 360 g/mol. The van der Waals surface area contributed by atoms with Gasteiger partial charge in [0.15, 0.2) is 0 Å². The molecule has 0 radical (unpaired) electrons. The van der Waals surface area contributed by atoms with Crippen LogP contribution in [0.5, 0.6) is 0 Å². The number of fused-ring (bicyclic) bond motifs is 1. The molecule has 4 rings (SSSR count). The van der Waals surface area contributed by atoms with Crippen LogP contribution in [0.15, 0.2) is 66.2 Å². The van der Waals surface area contributed by atoms with E-state index in [9.17, 15) is 4.79 Å². The number of pyridine rings is 1. The van der Waals surface area contributed by atoms with E-state index in [1.54, 1.807) is 17.4 Å². The molecule has 1 aromatic carbocycles. The van der Waals surface area contributed by atoms with E-state index in [0.717, 1.165) is 27.6 Å². The number of imidazole rings is 1. The lowest BCUT2D eigenvalue weighted by molar-refractivity contribution is -0.111. The summed E-state index contributed by atoms with van der Waals surface area (Å²) in [7, 11) is 0. The molecule has 1 amide bonds. The molecule has 26 heavy (non-hydrogen) atoms. The second-order valence-corrected chi connectivity index (χ2v) is 6.78. The van der Waals surface area contributed by atoms with Crippen LogP contribution in [0.2, 0.25) is 0 Å². The summed E-state index contributed by atoms with van der Waals surface area (Å²) in [5, 5.41) is 5.85. The highest BCUT2D eigenvalue weighted by Crippen LogP contribution is 2.28. The fourth-order valence-electron chi connectivity index (χ4n) is 2.69. The largest absolute Gasteiger partial charge is 0.306 e. The maximum Gasteiger partial charge on any atom is 0.249 e. The van der Waals surface area contributed by atoms with Gasteiger partial charge in [-0.25, -0.2) is 9.97 Å². The van der Waals surface area contributed by atoms with Crippen molar-refractivity contribution in [3.05, 3.63) is 76.9 Å². The van der Waals surface area contributed by atoms with Crippen LogP contribution >= 0.6 is 11.3 Å². The van der Waals surface area contributed by atoms with Gasteiger partial charge in [-0.15, -0.1) is 11.3 Å². The van der Waals surface area contributed by atoms with Gasteiger partial charge in [-0.3, -0.25) is 9.20 Å². The first-order chi connectivity index (χ1) is 12.7. The minimum absolute atomic E-state index is 0.224. The highest BCUT2D eigenvalue weighted by Gasteiger charge is 2.15. The zero-order valence-electron chi connectivity index (χ0n) is 14.1. The predicted octanol–water partition coefficient (Wildman–Crippen LogP) is 4.42. The van der Waals surface area contributed by atoms with Crippen LogP contribution in [0.3, 0.4) is 0 Å².